The molecule has 2 aromatic rings. The summed E-state index contributed by atoms with van der Waals surface area (Å²) in [5.41, 5.74) is 0. The van der Waals surface area contributed by atoms with Crippen LogP contribution in [0.4, 0.5) is 0 Å². The molecule has 2 saturated heterocycles. The number of sulfonamides is 1. The third-order valence-corrected chi connectivity index (χ3v) is 7.01. The Kier molecular flexibility index (Phi) is 6.52. The zero-order valence-electron chi connectivity index (χ0n) is 16.7. The Balaban J connectivity index is 1.44. The molecule has 11 heteroatoms. The molecule has 1 unspecified atom stereocenters. The molecule has 4 rings (SSSR count). The summed E-state index contributed by atoms with van der Waals surface area (Å²) in [5, 5.41) is -0.0612. The Hall–Kier alpha value is -2.21. The fraction of sp³-hybridized carbons (Fsp3) is 0.579. The molecule has 4 heterocycles. The maximum Gasteiger partial charge on any atom is 0.262 e. The number of aromatic nitrogens is 2. The Morgan fingerprint density at radius 3 is 2.80 bits per heavy atom. The minimum Gasteiger partial charge on any atom is -0.467 e. The van der Waals surface area contributed by atoms with E-state index >= 15 is 0 Å². The van der Waals surface area contributed by atoms with Crippen molar-refractivity contribution < 1.29 is 27.1 Å². The van der Waals surface area contributed by atoms with Crippen LogP contribution < -0.4 is 0 Å². The van der Waals surface area contributed by atoms with Crippen molar-refractivity contribution in [1.82, 2.24) is 18.8 Å². The summed E-state index contributed by atoms with van der Waals surface area (Å²) in [5.74, 6) is 0.525. The van der Waals surface area contributed by atoms with Gasteiger partial charge in [-0.15, -0.1) is 0 Å². The summed E-state index contributed by atoms with van der Waals surface area (Å²) < 4.78 is 44.6. The Labute approximate surface area is 175 Å². The second kappa shape index (κ2) is 9.29. The van der Waals surface area contributed by atoms with E-state index in [1.165, 1.54) is 21.4 Å². The van der Waals surface area contributed by atoms with E-state index in [0.29, 0.717) is 51.8 Å². The molecule has 0 radical (unpaired) electrons. The molecule has 0 aliphatic carbocycles. The highest BCUT2D eigenvalue weighted by Crippen LogP contribution is 2.17. The van der Waals surface area contributed by atoms with Crippen molar-refractivity contribution in [3.8, 4) is 0 Å². The predicted molar refractivity (Wildman–Crippen MR) is 105 cm³/mol. The number of imidazole rings is 1. The van der Waals surface area contributed by atoms with E-state index in [2.05, 4.69) is 4.98 Å². The molecule has 0 N–H and O–H groups in total. The zero-order valence-corrected chi connectivity index (χ0v) is 17.5. The van der Waals surface area contributed by atoms with Crippen LogP contribution in [0.25, 0.3) is 0 Å². The molecule has 0 saturated carbocycles. The molecule has 2 fully saturated rings. The number of morpholine rings is 1. The average molecular weight is 439 g/mol. The third-order valence-electron chi connectivity index (χ3n) is 5.23. The van der Waals surface area contributed by atoms with Gasteiger partial charge in [0.1, 0.15) is 12.3 Å². The van der Waals surface area contributed by atoms with Crippen LogP contribution in [0.2, 0.25) is 0 Å². The van der Waals surface area contributed by atoms with Gasteiger partial charge < -0.3 is 23.4 Å². The van der Waals surface area contributed by atoms with Crippen molar-refractivity contribution in [2.75, 3.05) is 39.5 Å². The standard InChI is InChI=1S/C19H26N4O6S/c24-19(22(11-16-3-1-7-28-16)12-17-4-2-8-29-17)14-21-13-18(20-15-21)30(25,26)23-5-9-27-10-6-23/h1,3,7,13,15,17H,2,4-6,8-12,14H2. The van der Waals surface area contributed by atoms with Crippen molar-refractivity contribution in [2.24, 2.45) is 0 Å². The van der Waals surface area contributed by atoms with Crippen LogP contribution in [0.3, 0.4) is 0 Å². The molecule has 2 aliphatic rings. The number of ether oxygens (including phenoxy) is 2. The SMILES string of the molecule is O=C(Cn1cnc(S(=O)(=O)N2CCOCC2)c1)N(Cc1ccco1)CC1CCCO1. The number of hydrogen-bond acceptors (Lipinski definition) is 7. The molecule has 1 amide bonds. The topological polar surface area (TPSA) is 107 Å². The Morgan fingerprint density at radius 2 is 2.10 bits per heavy atom. The molecule has 0 spiro atoms. The highest BCUT2D eigenvalue weighted by atomic mass is 32.2. The van der Waals surface area contributed by atoms with Crippen molar-refractivity contribution >= 4 is 15.9 Å². The maximum atomic E-state index is 13.0. The lowest BCUT2D eigenvalue weighted by Gasteiger charge is -2.25. The first-order valence-corrected chi connectivity index (χ1v) is 11.5. The molecule has 10 nitrogen and oxygen atoms in total. The van der Waals surface area contributed by atoms with Crippen LogP contribution in [0, 0.1) is 0 Å². The van der Waals surface area contributed by atoms with Crippen molar-refractivity contribution in [3.63, 3.8) is 0 Å². The van der Waals surface area contributed by atoms with E-state index in [0.717, 1.165) is 12.8 Å². The van der Waals surface area contributed by atoms with Gasteiger partial charge in [0.2, 0.25) is 5.91 Å². The normalized spacial score (nSPS) is 20.5. The lowest BCUT2D eigenvalue weighted by Crippen LogP contribution is -2.40. The number of hydrogen-bond donors (Lipinski definition) is 0. The van der Waals surface area contributed by atoms with Gasteiger partial charge in [-0.3, -0.25) is 4.79 Å². The Morgan fingerprint density at radius 1 is 1.27 bits per heavy atom. The molecule has 0 bridgehead atoms. The molecular weight excluding hydrogens is 412 g/mol. The first-order chi connectivity index (χ1) is 14.5. The fourth-order valence-corrected chi connectivity index (χ4v) is 4.96. The molecule has 1 atom stereocenters. The lowest BCUT2D eigenvalue weighted by atomic mass is 10.2. The fourth-order valence-electron chi connectivity index (χ4n) is 3.61. The van der Waals surface area contributed by atoms with Crippen LogP contribution in [-0.4, -0.2) is 78.6 Å². The minimum absolute atomic E-state index is 0.00367. The zero-order chi connectivity index (χ0) is 21.0. The van der Waals surface area contributed by atoms with Gasteiger partial charge in [0, 0.05) is 32.4 Å². The highest BCUT2D eigenvalue weighted by molar-refractivity contribution is 7.89. The second-order valence-electron chi connectivity index (χ2n) is 7.39. The van der Waals surface area contributed by atoms with Gasteiger partial charge in [0.25, 0.3) is 10.0 Å². The average Bonchev–Trinajstić information content (AvgIpc) is 3.51. The molecule has 2 aromatic heterocycles. The van der Waals surface area contributed by atoms with E-state index < -0.39 is 10.0 Å². The van der Waals surface area contributed by atoms with Gasteiger partial charge in [-0.2, -0.15) is 4.31 Å². The molecule has 0 aromatic carbocycles. The van der Waals surface area contributed by atoms with Crippen molar-refractivity contribution in [3.05, 3.63) is 36.7 Å². The number of rotatable bonds is 8. The summed E-state index contributed by atoms with van der Waals surface area (Å²) in [6.45, 7) is 2.81. The van der Waals surface area contributed by atoms with Crippen LogP contribution in [-0.2, 0) is 37.4 Å². The van der Waals surface area contributed by atoms with Gasteiger partial charge >= 0.3 is 0 Å². The van der Waals surface area contributed by atoms with Gasteiger partial charge in [-0.25, -0.2) is 13.4 Å². The Bertz CT molecular complexity index is 930. The number of carbonyl (C=O) groups excluding carboxylic acids is 1. The van der Waals surface area contributed by atoms with Gasteiger partial charge in [-0.1, -0.05) is 0 Å². The van der Waals surface area contributed by atoms with E-state index in [9.17, 15) is 13.2 Å². The lowest BCUT2D eigenvalue weighted by molar-refractivity contribution is -0.134. The van der Waals surface area contributed by atoms with Crippen LogP contribution >= 0.6 is 0 Å². The summed E-state index contributed by atoms with van der Waals surface area (Å²) in [7, 11) is -3.70. The number of amides is 1. The third kappa shape index (κ3) is 4.91. The van der Waals surface area contributed by atoms with Crippen LogP contribution in [0.5, 0.6) is 0 Å². The first kappa shape index (κ1) is 21.0. The smallest absolute Gasteiger partial charge is 0.262 e. The van der Waals surface area contributed by atoms with Crippen LogP contribution in [0.1, 0.15) is 18.6 Å². The van der Waals surface area contributed by atoms with Crippen molar-refractivity contribution in [1.29, 1.82) is 0 Å². The molecule has 30 heavy (non-hydrogen) atoms. The summed E-state index contributed by atoms with van der Waals surface area (Å²) in [6.07, 6.45) is 6.25. The van der Waals surface area contributed by atoms with E-state index in [1.807, 2.05) is 6.07 Å². The quantitative estimate of drug-likeness (QED) is 0.597. The van der Waals surface area contributed by atoms with Gasteiger partial charge in [-0.05, 0) is 25.0 Å². The maximum absolute atomic E-state index is 13.0. The van der Waals surface area contributed by atoms with Gasteiger partial charge in [0.05, 0.1) is 38.5 Å². The van der Waals surface area contributed by atoms with Crippen molar-refractivity contribution in [2.45, 2.75) is 37.1 Å². The monoisotopic (exact) mass is 438 g/mol. The minimum atomic E-state index is -3.70. The van der Waals surface area contributed by atoms with E-state index in [4.69, 9.17) is 13.9 Å². The van der Waals surface area contributed by atoms with Crippen LogP contribution in [0.15, 0.2) is 40.4 Å². The predicted octanol–water partition coefficient (Wildman–Crippen LogP) is 0.705. The first-order valence-electron chi connectivity index (χ1n) is 10.0. The number of carbonyl (C=O) groups is 1. The summed E-state index contributed by atoms with van der Waals surface area (Å²) in [4.78, 5) is 18.7. The number of nitrogens with zero attached hydrogens (tertiary/aromatic N) is 4. The summed E-state index contributed by atoms with van der Waals surface area (Å²) in [6, 6.07) is 3.60. The van der Waals surface area contributed by atoms with E-state index in [1.54, 1.807) is 17.2 Å². The molecular formula is C19H26N4O6S. The molecule has 2 aliphatic heterocycles. The van der Waals surface area contributed by atoms with E-state index in [-0.39, 0.29) is 23.6 Å². The second-order valence-corrected chi connectivity index (χ2v) is 9.27. The molecule has 164 valence electrons. The summed E-state index contributed by atoms with van der Waals surface area (Å²) >= 11 is 0. The number of furan rings is 1. The largest absolute Gasteiger partial charge is 0.467 e. The van der Waals surface area contributed by atoms with Gasteiger partial charge in [0.15, 0.2) is 5.03 Å². The highest BCUT2D eigenvalue weighted by Gasteiger charge is 2.29.